The minimum absolute atomic E-state index is 0.162. The lowest BCUT2D eigenvalue weighted by molar-refractivity contribution is -0.164. The minimum Gasteiger partial charge on any atom is -0.489 e. The number of amides is 2. The molecule has 1 saturated carbocycles. The van der Waals surface area contributed by atoms with Crippen LogP contribution < -0.4 is 15.0 Å². The number of carbonyl (C=O) groups is 2. The summed E-state index contributed by atoms with van der Waals surface area (Å²) in [5, 5.41) is 12.7. The van der Waals surface area contributed by atoms with Crippen LogP contribution >= 0.6 is 11.6 Å². The number of ether oxygens (including phenoxy) is 2. The second-order valence-electron chi connectivity index (χ2n) is 14.2. The first-order valence-corrected chi connectivity index (χ1v) is 15.8. The van der Waals surface area contributed by atoms with E-state index in [1.165, 1.54) is 0 Å². The molecule has 2 aliphatic rings. The van der Waals surface area contributed by atoms with Gasteiger partial charge in [0.05, 0.1) is 16.1 Å². The Balaban J connectivity index is 1.24. The van der Waals surface area contributed by atoms with E-state index in [0.29, 0.717) is 40.9 Å². The van der Waals surface area contributed by atoms with Crippen molar-refractivity contribution in [2.24, 2.45) is 10.8 Å². The Hall–Kier alpha value is -3.62. The zero-order valence-electron chi connectivity index (χ0n) is 27.7. The molecule has 0 spiro atoms. The molecule has 0 unspecified atom stereocenters. The molecular formula is C33H46ClN7O4. The van der Waals surface area contributed by atoms with Gasteiger partial charge < -0.3 is 24.6 Å². The van der Waals surface area contributed by atoms with Crippen molar-refractivity contribution in [1.82, 2.24) is 25.1 Å². The molecule has 244 valence electrons. The molecule has 2 amide bonds. The SMILES string of the molecule is CN(CCCN1CCN(C(=O)OC(C)(C)C)CC1)c1ncc(C(=O)NC2C(C)(C)C(Oc3ccc(C#N)c(Cl)c3)C2(C)C)cn1. The van der Waals surface area contributed by atoms with E-state index in [2.05, 4.69) is 53.9 Å². The fourth-order valence-corrected chi connectivity index (χ4v) is 6.77. The summed E-state index contributed by atoms with van der Waals surface area (Å²) >= 11 is 6.21. The molecule has 1 aliphatic carbocycles. The standard InChI is InChI=1S/C33H46ClN7O4/c1-31(2,3)45-30(43)41-16-14-40(15-17-41)13-9-12-39(8)29-36-20-23(21-37-29)26(42)38-27-32(4,5)28(33(27,6)7)44-24-11-10-22(19-35)25(34)18-24/h10-11,18,20-21,27-28H,9,12-17H2,1-8H3,(H,38,42). The van der Waals surface area contributed by atoms with Crippen molar-refractivity contribution < 1.29 is 19.1 Å². The summed E-state index contributed by atoms with van der Waals surface area (Å²) < 4.78 is 11.8. The monoisotopic (exact) mass is 639 g/mol. The van der Waals surface area contributed by atoms with Crippen molar-refractivity contribution in [3.8, 4) is 11.8 Å². The first-order valence-electron chi connectivity index (χ1n) is 15.4. The molecule has 1 N–H and O–H groups in total. The van der Waals surface area contributed by atoms with E-state index < -0.39 is 5.60 Å². The molecule has 2 fully saturated rings. The first kappa shape index (κ1) is 34.3. The lowest BCUT2D eigenvalue weighted by Crippen LogP contribution is -2.74. The van der Waals surface area contributed by atoms with Crippen LogP contribution in [0.25, 0.3) is 0 Å². The Morgan fingerprint density at radius 3 is 2.29 bits per heavy atom. The number of nitriles is 1. The number of hydrogen-bond donors (Lipinski definition) is 1. The van der Waals surface area contributed by atoms with Gasteiger partial charge in [0.25, 0.3) is 5.91 Å². The molecule has 1 aliphatic heterocycles. The summed E-state index contributed by atoms with van der Waals surface area (Å²) in [5.74, 6) is 0.907. The summed E-state index contributed by atoms with van der Waals surface area (Å²) in [5.41, 5.74) is -0.444. The fourth-order valence-electron chi connectivity index (χ4n) is 6.56. The molecule has 11 nitrogen and oxygen atoms in total. The Morgan fingerprint density at radius 2 is 1.73 bits per heavy atom. The van der Waals surface area contributed by atoms with Crippen molar-refractivity contribution >= 4 is 29.5 Å². The van der Waals surface area contributed by atoms with Crippen LogP contribution in [0.4, 0.5) is 10.7 Å². The largest absolute Gasteiger partial charge is 0.489 e. The Bertz CT molecular complexity index is 1390. The molecule has 1 aromatic carbocycles. The highest BCUT2D eigenvalue weighted by Gasteiger charge is 2.64. The zero-order chi connectivity index (χ0) is 33.2. The van der Waals surface area contributed by atoms with Gasteiger partial charge >= 0.3 is 6.09 Å². The van der Waals surface area contributed by atoms with Crippen molar-refractivity contribution in [3.63, 3.8) is 0 Å². The normalized spacial score (nSPS) is 20.8. The van der Waals surface area contributed by atoms with E-state index in [1.54, 1.807) is 35.5 Å². The van der Waals surface area contributed by atoms with Crippen molar-refractivity contribution in [3.05, 3.63) is 46.7 Å². The van der Waals surface area contributed by atoms with Crippen molar-refractivity contribution in [1.29, 1.82) is 5.26 Å². The number of hydrogen-bond acceptors (Lipinski definition) is 9. The highest BCUT2D eigenvalue weighted by molar-refractivity contribution is 6.31. The summed E-state index contributed by atoms with van der Waals surface area (Å²) in [6, 6.07) is 6.94. The molecular weight excluding hydrogens is 594 g/mol. The summed E-state index contributed by atoms with van der Waals surface area (Å²) in [4.78, 5) is 40.6. The van der Waals surface area contributed by atoms with Gasteiger partial charge in [-0.05, 0) is 45.9 Å². The predicted molar refractivity (Wildman–Crippen MR) is 174 cm³/mol. The number of carbonyl (C=O) groups excluding carboxylic acids is 2. The van der Waals surface area contributed by atoms with E-state index in [9.17, 15) is 9.59 Å². The van der Waals surface area contributed by atoms with Gasteiger partial charge in [0, 0.05) is 75.1 Å². The van der Waals surface area contributed by atoms with Gasteiger partial charge in [-0.3, -0.25) is 9.69 Å². The van der Waals surface area contributed by atoms with E-state index in [-0.39, 0.29) is 35.0 Å². The zero-order valence-corrected chi connectivity index (χ0v) is 28.4. The minimum atomic E-state index is -0.489. The number of anilines is 1. The smallest absolute Gasteiger partial charge is 0.410 e. The molecule has 1 saturated heterocycles. The molecule has 12 heteroatoms. The second-order valence-corrected chi connectivity index (χ2v) is 14.6. The number of piperazine rings is 1. The maximum absolute atomic E-state index is 13.2. The van der Waals surface area contributed by atoms with Crippen LogP contribution in [0, 0.1) is 22.2 Å². The number of benzene rings is 1. The molecule has 1 aromatic heterocycles. The van der Waals surface area contributed by atoms with Crippen LogP contribution in [0.3, 0.4) is 0 Å². The van der Waals surface area contributed by atoms with Crippen molar-refractivity contribution in [2.75, 3.05) is 51.2 Å². The van der Waals surface area contributed by atoms with Gasteiger partial charge in [-0.1, -0.05) is 39.3 Å². The van der Waals surface area contributed by atoms with Crippen LogP contribution in [0.2, 0.25) is 5.02 Å². The highest BCUT2D eigenvalue weighted by Crippen LogP contribution is 2.55. The van der Waals surface area contributed by atoms with E-state index in [1.807, 2.05) is 32.7 Å². The lowest BCUT2D eigenvalue weighted by atomic mass is 9.49. The highest BCUT2D eigenvalue weighted by atomic mass is 35.5. The van der Waals surface area contributed by atoms with Gasteiger partial charge in [-0.2, -0.15) is 5.26 Å². The molecule has 0 radical (unpaired) electrons. The van der Waals surface area contributed by atoms with Crippen LogP contribution in [-0.4, -0.2) is 95.8 Å². The molecule has 0 bridgehead atoms. The maximum Gasteiger partial charge on any atom is 0.410 e. The van der Waals surface area contributed by atoms with Crippen LogP contribution in [0.1, 0.15) is 70.8 Å². The quantitative estimate of drug-likeness (QED) is 0.404. The van der Waals surface area contributed by atoms with E-state index in [0.717, 1.165) is 32.6 Å². The molecule has 2 heterocycles. The first-order chi connectivity index (χ1) is 21.0. The van der Waals surface area contributed by atoms with Gasteiger partial charge in [-0.15, -0.1) is 0 Å². The molecule has 45 heavy (non-hydrogen) atoms. The number of nitrogens with zero attached hydrogens (tertiary/aromatic N) is 6. The van der Waals surface area contributed by atoms with Gasteiger partial charge in [0.2, 0.25) is 5.95 Å². The Morgan fingerprint density at radius 1 is 1.11 bits per heavy atom. The second kappa shape index (κ2) is 13.4. The number of nitrogens with one attached hydrogen (secondary N) is 1. The topological polar surface area (TPSA) is 124 Å². The number of rotatable bonds is 9. The Kier molecular flexibility index (Phi) is 10.2. The van der Waals surface area contributed by atoms with E-state index >= 15 is 0 Å². The molecule has 2 aromatic rings. The van der Waals surface area contributed by atoms with Gasteiger partial charge in [0.1, 0.15) is 23.5 Å². The van der Waals surface area contributed by atoms with Crippen LogP contribution in [0.15, 0.2) is 30.6 Å². The molecule has 4 rings (SSSR count). The third-order valence-electron chi connectivity index (χ3n) is 8.66. The van der Waals surface area contributed by atoms with E-state index in [4.69, 9.17) is 26.3 Å². The third kappa shape index (κ3) is 7.97. The maximum atomic E-state index is 13.2. The van der Waals surface area contributed by atoms with Crippen molar-refractivity contribution in [2.45, 2.75) is 72.6 Å². The number of aromatic nitrogens is 2. The van der Waals surface area contributed by atoms with Gasteiger partial charge in [0.15, 0.2) is 0 Å². The summed E-state index contributed by atoms with van der Waals surface area (Å²) in [7, 11) is 1.94. The van der Waals surface area contributed by atoms with Gasteiger partial charge in [-0.25, -0.2) is 14.8 Å². The average molecular weight is 640 g/mol. The number of halogens is 1. The van der Waals surface area contributed by atoms with Crippen LogP contribution in [-0.2, 0) is 4.74 Å². The summed E-state index contributed by atoms with van der Waals surface area (Å²) in [6.45, 7) is 18.5. The third-order valence-corrected chi connectivity index (χ3v) is 8.98. The average Bonchev–Trinajstić information content (AvgIpc) is 2.97. The van der Waals surface area contributed by atoms with Crippen LogP contribution in [0.5, 0.6) is 5.75 Å². The molecule has 0 atom stereocenters. The lowest BCUT2D eigenvalue weighted by Gasteiger charge is -2.63. The summed E-state index contributed by atoms with van der Waals surface area (Å²) in [6.07, 6.45) is 3.60. The predicted octanol–water partition coefficient (Wildman–Crippen LogP) is 4.99. The Labute approximate surface area is 271 Å². The fraction of sp³-hybridized carbons (Fsp3) is 0.606.